The van der Waals surface area contributed by atoms with Crippen molar-refractivity contribution in [2.24, 2.45) is 0 Å². The molecule has 0 radical (unpaired) electrons. The molecule has 0 fully saturated rings. The Kier molecular flexibility index (Phi) is 6.16. The predicted octanol–water partition coefficient (Wildman–Crippen LogP) is 3.96. The van der Waals surface area contributed by atoms with Crippen molar-refractivity contribution < 1.29 is 18.7 Å². The molecule has 28 heavy (non-hydrogen) atoms. The smallest absolute Gasteiger partial charge is 0.241 e. The van der Waals surface area contributed by atoms with Crippen molar-refractivity contribution in [3.63, 3.8) is 0 Å². The molecule has 1 heterocycles. The quantitative estimate of drug-likeness (QED) is 0.583. The monoisotopic (exact) mass is 383 g/mol. The Morgan fingerprint density at radius 1 is 0.964 bits per heavy atom. The van der Waals surface area contributed by atoms with E-state index >= 15 is 0 Å². The van der Waals surface area contributed by atoms with Gasteiger partial charge in [0.15, 0.2) is 0 Å². The highest BCUT2D eigenvalue weighted by Crippen LogP contribution is 2.32. The molecule has 2 aromatic carbocycles. The Morgan fingerprint density at radius 3 is 2.29 bits per heavy atom. The van der Waals surface area contributed by atoms with Gasteiger partial charge >= 0.3 is 0 Å². The average molecular weight is 383 g/mol. The van der Waals surface area contributed by atoms with Gasteiger partial charge in [-0.05, 0) is 43.8 Å². The minimum absolute atomic E-state index is 0.178. The Labute approximate surface area is 164 Å². The van der Waals surface area contributed by atoms with Crippen LogP contribution in [-0.2, 0) is 6.54 Å². The van der Waals surface area contributed by atoms with Crippen LogP contribution in [0.25, 0.3) is 11.4 Å². The Bertz CT molecular complexity index is 908. The first kappa shape index (κ1) is 19.7. The summed E-state index contributed by atoms with van der Waals surface area (Å²) >= 11 is 0. The summed E-state index contributed by atoms with van der Waals surface area (Å²) in [7, 11) is 6.90. The molecule has 1 aromatic heterocycles. The van der Waals surface area contributed by atoms with Gasteiger partial charge in [0.2, 0.25) is 11.7 Å². The molecule has 1 atom stereocenters. The lowest BCUT2D eigenvalue weighted by Crippen LogP contribution is -2.22. The normalized spacial score (nSPS) is 12.1. The summed E-state index contributed by atoms with van der Waals surface area (Å²) in [4.78, 5) is 6.67. The SMILES string of the molecule is COc1ccc(C(C)N(C)Cc2nc(-c3ccc(OC)cc3OC)no2)cc1. The van der Waals surface area contributed by atoms with E-state index in [1.54, 1.807) is 27.4 Å². The number of rotatable bonds is 8. The molecular formula is C21H25N3O4. The number of hydrogen-bond donors (Lipinski definition) is 0. The van der Waals surface area contributed by atoms with Gasteiger partial charge in [-0.1, -0.05) is 17.3 Å². The van der Waals surface area contributed by atoms with Crippen LogP contribution in [0.3, 0.4) is 0 Å². The second kappa shape index (κ2) is 8.75. The van der Waals surface area contributed by atoms with Crippen molar-refractivity contribution >= 4 is 0 Å². The van der Waals surface area contributed by atoms with Crippen molar-refractivity contribution in [1.29, 1.82) is 0 Å². The lowest BCUT2D eigenvalue weighted by atomic mass is 10.1. The first-order chi connectivity index (χ1) is 13.5. The standard InChI is InChI=1S/C21H25N3O4/c1-14(15-6-8-16(25-3)9-7-15)24(2)13-20-22-21(23-28-20)18-11-10-17(26-4)12-19(18)27-5/h6-12,14H,13H2,1-5H3. The van der Waals surface area contributed by atoms with E-state index in [2.05, 4.69) is 34.1 Å². The van der Waals surface area contributed by atoms with Crippen molar-refractivity contribution in [1.82, 2.24) is 15.0 Å². The molecular weight excluding hydrogens is 358 g/mol. The van der Waals surface area contributed by atoms with E-state index in [-0.39, 0.29) is 6.04 Å². The minimum Gasteiger partial charge on any atom is -0.497 e. The van der Waals surface area contributed by atoms with Crippen LogP contribution in [0, 0.1) is 0 Å². The molecule has 7 nitrogen and oxygen atoms in total. The maximum atomic E-state index is 5.46. The average Bonchev–Trinajstić information content (AvgIpc) is 3.20. The van der Waals surface area contributed by atoms with Gasteiger partial charge in [0.05, 0.1) is 33.4 Å². The third-order valence-corrected chi connectivity index (χ3v) is 4.76. The number of aromatic nitrogens is 2. The number of methoxy groups -OCH3 is 3. The molecule has 0 saturated carbocycles. The summed E-state index contributed by atoms with van der Waals surface area (Å²) in [5.41, 5.74) is 1.93. The topological polar surface area (TPSA) is 69.9 Å². The fraction of sp³-hybridized carbons (Fsp3) is 0.333. The van der Waals surface area contributed by atoms with Gasteiger partial charge < -0.3 is 18.7 Å². The van der Waals surface area contributed by atoms with E-state index < -0.39 is 0 Å². The molecule has 0 aliphatic carbocycles. The molecule has 0 saturated heterocycles. The third kappa shape index (κ3) is 4.26. The van der Waals surface area contributed by atoms with Gasteiger partial charge in [0.1, 0.15) is 17.2 Å². The van der Waals surface area contributed by atoms with Crippen LogP contribution in [0.5, 0.6) is 17.2 Å². The van der Waals surface area contributed by atoms with Gasteiger partial charge in [-0.25, -0.2) is 0 Å². The molecule has 0 spiro atoms. The zero-order valence-electron chi connectivity index (χ0n) is 16.8. The minimum atomic E-state index is 0.178. The van der Waals surface area contributed by atoms with Crippen LogP contribution in [0.15, 0.2) is 47.0 Å². The fourth-order valence-electron chi connectivity index (χ4n) is 2.90. The number of ether oxygens (including phenoxy) is 3. The van der Waals surface area contributed by atoms with Crippen LogP contribution < -0.4 is 14.2 Å². The highest BCUT2D eigenvalue weighted by atomic mass is 16.5. The lowest BCUT2D eigenvalue weighted by molar-refractivity contribution is 0.216. The molecule has 0 aliphatic rings. The predicted molar refractivity (Wildman–Crippen MR) is 106 cm³/mol. The molecule has 1 unspecified atom stereocenters. The molecule has 0 aliphatic heterocycles. The zero-order valence-corrected chi connectivity index (χ0v) is 16.8. The fourth-order valence-corrected chi connectivity index (χ4v) is 2.90. The summed E-state index contributed by atoms with van der Waals surface area (Å²) < 4.78 is 21.3. The molecule has 0 N–H and O–H groups in total. The zero-order chi connectivity index (χ0) is 20.1. The number of nitrogens with zero attached hydrogens (tertiary/aromatic N) is 3. The maximum absolute atomic E-state index is 5.46. The summed E-state index contributed by atoms with van der Waals surface area (Å²) in [6.07, 6.45) is 0. The van der Waals surface area contributed by atoms with Crippen LogP contribution in [0.1, 0.15) is 24.4 Å². The van der Waals surface area contributed by atoms with E-state index in [9.17, 15) is 0 Å². The van der Waals surface area contributed by atoms with Crippen molar-refractivity contribution in [2.45, 2.75) is 19.5 Å². The summed E-state index contributed by atoms with van der Waals surface area (Å²) in [6.45, 7) is 2.66. The first-order valence-corrected chi connectivity index (χ1v) is 8.95. The number of benzene rings is 2. The first-order valence-electron chi connectivity index (χ1n) is 8.95. The third-order valence-electron chi connectivity index (χ3n) is 4.76. The Balaban J connectivity index is 1.73. The van der Waals surface area contributed by atoms with Crippen LogP contribution in [0.4, 0.5) is 0 Å². The molecule has 148 valence electrons. The Morgan fingerprint density at radius 2 is 1.64 bits per heavy atom. The Hall–Kier alpha value is -3.06. The summed E-state index contributed by atoms with van der Waals surface area (Å²) in [6, 6.07) is 13.7. The van der Waals surface area contributed by atoms with E-state index in [0.717, 1.165) is 11.3 Å². The van der Waals surface area contributed by atoms with E-state index in [0.29, 0.717) is 29.8 Å². The maximum Gasteiger partial charge on any atom is 0.241 e. The van der Waals surface area contributed by atoms with E-state index in [4.69, 9.17) is 18.7 Å². The molecule has 0 bridgehead atoms. The van der Waals surface area contributed by atoms with Gasteiger partial charge in [0.25, 0.3) is 0 Å². The second-order valence-corrected chi connectivity index (χ2v) is 6.44. The molecule has 3 rings (SSSR count). The van der Waals surface area contributed by atoms with Crippen LogP contribution in [-0.4, -0.2) is 43.4 Å². The van der Waals surface area contributed by atoms with Gasteiger partial charge in [-0.2, -0.15) is 4.98 Å². The molecule has 7 heteroatoms. The molecule has 0 amide bonds. The lowest BCUT2D eigenvalue weighted by Gasteiger charge is -2.23. The summed E-state index contributed by atoms with van der Waals surface area (Å²) in [5, 5.41) is 4.11. The van der Waals surface area contributed by atoms with Crippen molar-refractivity contribution in [3.05, 3.63) is 53.9 Å². The van der Waals surface area contributed by atoms with E-state index in [1.165, 1.54) is 5.56 Å². The highest BCUT2D eigenvalue weighted by Gasteiger charge is 2.18. The number of hydrogen-bond acceptors (Lipinski definition) is 7. The summed E-state index contributed by atoms with van der Waals surface area (Å²) in [5.74, 6) is 3.20. The highest BCUT2D eigenvalue weighted by molar-refractivity contribution is 5.65. The van der Waals surface area contributed by atoms with Gasteiger partial charge in [-0.15, -0.1) is 0 Å². The van der Waals surface area contributed by atoms with Crippen LogP contribution >= 0.6 is 0 Å². The van der Waals surface area contributed by atoms with Crippen molar-refractivity contribution in [2.75, 3.05) is 28.4 Å². The van der Waals surface area contributed by atoms with Crippen LogP contribution in [0.2, 0.25) is 0 Å². The second-order valence-electron chi connectivity index (χ2n) is 6.44. The molecule has 3 aromatic rings. The van der Waals surface area contributed by atoms with Gasteiger partial charge in [0, 0.05) is 12.1 Å². The van der Waals surface area contributed by atoms with Gasteiger partial charge in [-0.3, -0.25) is 4.90 Å². The largest absolute Gasteiger partial charge is 0.497 e. The van der Waals surface area contributed by atoms with E-state index in [1.807, 2.05) is 31.3 Å². The van der Waals surface area contributed by atoms with Crippen molar-refractivity contribution in [3.8, 4) is 28.6 Å².